The first-order valence-corrected chi connectivity index (χ1v) is 8.09. The zero-order valence-corrected chi connectivity index (χ0v) is 11.7. The molecule has 0 aromatic rings. The highest BCUT2D eigenvalue weighted by atomic mass is 32.2. The van der Waals surface area contributed by atoms with Gasteiger partial charge in [0.15, 0.2) is 0 Å². The summed E-state index contributed by atoms with van der Waals surface area (Å²) in [6.45, 7) is 3.47. The maximum Gasteiger partial charge on any atom is 0.280 e. The van der Waals surface area contributed by atoms with Gasteiger partial charge in [-0.15, -0.1) is 0 Å². The van der Waals surface area contributed by atoms with Gasteiger partial charge in [0.1, 0.15) is 0 Å². The summed E-state index contributed by atoms with van der Waals surface area (Å²) in [4.78, 5) is 0. The summed E-state index contributed by atoms with van der Waals surface area (Å²) in [7, 11) is -3.44. The summed E-state index contributed by atoms with van der Waals surface area (Å²) in [5.74, 6) is 0. The van der Waals surface area contributed by atoms with Crippen LogP contribution in [0.2, 0.25) is 0 Å². The summed E-state index contributed by atoms with van der Waals surface area (Å²) in [5, 5.41) is 0. The van der Waals surface area contributed by atoms with E-state index in [4.69, 9.17) is 10.5 Å². The van der Waals surface area contributed by atoms with Crippen LogP contribution < -0.4 is 10.5 Å². The van der Waals surface area contributed by atoms with E-state index < -0.39 is 10.2 Å². The van der Waals surface area contributed by atoms with Gasteiger partial charge in [-0.3, -0.25) is 0 Å². The van der Waals surface area contributed by atoms with Crippen LogP contribution in [0.1, 0.15) is 32.6 Å². The van der Waals surface area contributed by atoms with Gasteiger partial charge in [0.05, 0.1) is 12.1 Å². The molecule has 2 fully saturated rings. The Labute approximate surface area is 109 Å². The van der Waals surface area contributed by atoms with E-state index >= 15 is 0 Å². The molecule has 2 aliphatic rings. The van der Waals surface area contributed by atoms with Crippen LogP contribution in [0.15, 0.2) is 0 Å². The zero-order chi connectivity index (χ0) is 13.2. The number of rotatable bonds is 4. The molecule has 0 saturated carbocycles. The van der Waals surface area contributed by atoms with Crippen LogP contribution in [-0.4, -0.2) is 50.6 Å². The van der Waals surface area contributed by atoms with Crippen LogP contribution >= 0.6 is 0 Å². The van der Waals surface area contributed by atoms with Crippen LogP contribution in [-0.2, 0) is 14.9 Å². The Hall–Kier alpha value is -0.210. The molecule has 2 aliphatic heterocycles. The fourth-order valence-corrected chi connectivity index (χ4v) is 4.45. The van der Waals surface area contributed by atoms with E-state index in [1.807, 2.05) is 6.92 Å². The molecular weight excluding hydrogens is 254 g/mol. The van der Waals surface area contributed by atoms with E-state index in [1.165, 1.54) is 4.31 Å². The topological polar surface area (TPSA) is 84.7 Å². The second-order valence-electron chi connectivity index (χ2n) is 5.09. The van der Waals surface area contributed by atoms with Crippen molar-refractivity contribution < 1.29 is 13.2 Å². The summed E-state index contributed by atoms with van der Waals surface area (Å²) < 4.78 is 34.4. The molecule has 18 heavy (non-hydrogen) atoms. The molecule has 3 atom stereocenters. The van der Waals surface area contributed by atoms with Gasteiger partial charge in [0, 0.05) is 25.7 Å². The summed E-state index contributed by atoms with van der Waals surface area (Å²) >= 11 is 0. The molecule has 2 rings (SSSR count). The molecule has 0 aliphatic carbocycles. The van der Waals surface area contributed by atoms with E-state index in [2.05, 4.69) is 4.72 Å². The van der Waals surface area contributed by atoms with Gasteiger partial charge in [0.25, 0.3) is 10.2 Å². The highest BCUT2D eigenvalue weighted by Crippen LogP contribution is 2.21. The average Bonchev–Trinajstić information content (AvgIpc) is 2.74. The molecule has 0 bridgehead atoms. The number of nitrogens with two attached hydrogens (primary N) is 1. The second-order valence-corrected chi connectivity index (χ2v) is 6.74. The van der Waals surface area contributed by atoms with Crippen molar-refractivity contribution in [3.8, 4) is 0 Å². The van der Waals surface area contributed by atoms with Crippen molar-refractivity contribution in [1.82, 2.24) is 9.03 Å². The van der Waals surface area contributed by atoms with Crippen molar-refractivity contribution in [2.75, 3.05) is 19.7 Å². The molecule has 2 saturated heterocycles. The van der Waals surface area contributed by atoms with Gasteiger partial charge in [-0.2, -0.15) is 17.4 Å². The van der Waals surface area contributed by atoms with Crippen LogP contribution in [0.4, 0.5) is 0 Å². The Morgan fingerprint density at radius 1 is 1.39 bits per heavy atom. The van der Waals surface area contributed by atoms with E-state index in [-0.39, 0.29) is 18.2 Å². The number of nitrogens with one attached hydrogen (secondary N) is 1. The average molecular weight is 277 g/mol. The maximum atomic E-state index is 12.4. The predicted molar refractivity (Wildman–Crippen MR) is 69.3 cm³/mol. The highest BCUT2D eigenvalue weighted by Gasteiger charge is 2.35. The lowest BCUT2D eigenvalue weighted by molar-refractivity contribution is 0.116. The van der Waals surface area contributed by atoms with E-state index in [1.54, 1.807) is 0 Å². The largest absolute Gasteiger partial charge is 0.377 e. The Morgan fingerprint density at radius 3 is 2.78 bits per heavy atom. The second kappa shape index (κ2) is 5.83. The highest BCUT2D eigenvalue weighted by molar-refractivity contribution is 7.87. The van der Waals surface area contributed by atoms with Gasteiger partial charge < -0.3 is 10.5 Å². The molecule has 2 heterocycles. The number of hydrogen-bond acceptors (Lipinski definition) is 4. The third kappa shape index (κ3) is 3.03. The Kier molecular flexibility index (Phi) is 4.60. The molecule has 0 aromatic carbocycles. The van der Waals surface area contributed by atoms with Crippen molar-refractivity contribution in [2.45, 2.75) is 50.8 Å². The van der Waals surface area contributed by atoms with Gasteiger partial charge in [0.2, 0.25) is 0 Å². The SMILES string of the molecule is CC1OCCC1NS(=O)(=O)N1CCCCC1CN. The molecule has 7 heteroatoms. The molecule has 0 aromatic heterocycles. The van der Waals surface area contributed by atoms with E-state index in [0.717, 1.165) is 25.7 Å². The Balaban J connectivity index is 2.04. The number of nitrogens with zero attached hydrogens (tertiary/aromatic N) is 1. The molecule has 6 nitrogen and oxygen atoms in total. The van der Waals surface area contributed by atoms with Crippen LogP contribution in [0, 0.1) is 0 Å². The molecule has 106 valence electrons. The van der Waals surface area contributed by atoms with Crippen molar-refractivity contribution >= 4 is 10.2 Å². The number of ether oxygens (including phenoxy) is 1. The van der Waals surface area contributed by atoms with E-state index in [0.29, 0.717) is 19.7 Å². The van der Waals surface area contributed by atoms with Crippen LogP contribution in [0.25, 0.3) is 0 Å². The number of hydrogen-bond donors (Lipinski definition) is 2. The van der Waals surface area contributed by atoms with Crippen LogP contribution in [0.3, 0.4) is 0 Å². The van der Waals surface area contributed by atoms with Crippen molar-refractivity contribution in [1.29, 1.82) is 0 Å². The predicted octanol–water partition coefficient (Wildman–Crippen LogP) is -0.189. The van der Waals surface area contributed by atoms with E-state index in [9.17, 15) is 8.42 Å². The Bertz CT molecular complexity index is 374. The van der Waals surface area contributed by atoms with Gasteiger partial charge in [-0.25, -0.2) is 0 Å². The molecule has 0 amide bonds. The summed E-state index contributed by atoms with van der Waals surface area (Å²) in [6.07, 6.45) is 3.50. The fourth-order valence-electron chi connectivity index (χ4n) is 2.67. The first kappa shape index (κ1) is 14.2. The normalized spacial score (nSPS) is 34.9. The maximum absolute atomic E-state index is 12.4. The fraction of sp³-hybridized carbons (Fsp3) is 1.00. The summed E-state index contributed by atoms with van der Waals surface area (Å²) in [5.41, 5.74) is 5.67. The van der Waals surface area contributed by atoms with Crippen molar-refractivity contribution in [2.24, 2.45) is 5.73 Å². The minimum absolute atomic E-state index is 0.0547. The Morgan fingerprint density at radius 2 is 2.17 bits per heavy atom. The van der Waals surface area contributed by atoms with Gasteiger partial charge >= 0.3 is 0 Å². The first-order valence-electron chi connectivity index (χ1n) is 6.65. The monoisotopic (exact) mass is 277 g/mol. The summed E-state index contributed by atoms with van der Waals surface area (Å²) in [6, 6.07) is -0.177. The minimum atomic E-state index is -3.44. The quantitative estimate of drug-likeness (QED) is 0.746. The standard InChI is InChI=1S/C11H23N3O3S/c1-9-11(5-7-17-9)13-18(15,16)14-6-3-2-4-10(14)8-12/h9-11,13H,2-8,12H2,1H3. The van der Waals surface area contributed by atoms with Crippen molar-refractivity contribution in [3.05, 3.63) is 0 Å². The molecule has 0 spiro atoms. The molecule has 3 N–H and O–H groups in total. The smallest absolute Gasteiger partial charge is 0.280 e. The minimum Gasteiger partial charge on any atom is -0.377 e. The lowest BCUT2D eigenvalue weighted by Crippen LogP contribution is -2.54. The molecular formula is C11H23N3O3S. The van der Waals surface area contributed by atoms with Crippen LogP contribution in [0.5, 0.6) is 0 Å². The van der Waals surface area contributed by atoms with Crippen molar-refractivity contribution in [3.63, 3.8) is 0 Å². The number of piperidine rings is 1. The molecule has 3 unspecified atom stereocenters. The first-order chi connectivity index (χ1) is 8.54. The third-order valence-corrected chi connectivity index (χ3v) is 5.53. The van der Waals surface area contributed by atoms with Gasteiger partial charge in [-0.1, -0.05) is 6.42 Å². The lowest BCUT2D eigenvalue weighted by Gasteiger charge is -2.34. The van der Waals surface area contributed by atoms with Gasteiger partial charge in [-0.05, 0) is 26.2 Å². The lowest BCUT2D eigenvalue weighted by atomic mass is 10.1. The molecule has 0 radical (unpaired) electrons. The zero-order valence-electron chi connectivity index (χ0n) is 10.8. The third-order valence-electron chi connectivity index (χ3n) is 3.83.